The molecular formula is C17H33NOS. The van der Waals surface area contributed by atoms with Gasteiger partial charge in [0, 0.05) is 12.6 Å². The van der Waals surface area contributed by atoms with Crippen LogP contribution in [0.15, 0.2) is 0 Å². The first-order chi connectivity index (χ1) is 9.79. The van der Waals surface area contributed by atoms with Gasteiger partial charge >= 0.3 is 0 Å². The summed E-state index contributed by atoms with van der Waals surface area (Å²) in [4.78, 5) is 0. The molecule has 0 aliphatic carbocycles. The Balaban J connectivity index is 1.82. The van der Waals surface area contributed by atoms with Crippen LogP contribution in [0.4, 0.5) is 0 Å². The molecule has 3 heteroatoms. The highest BCUT2D eigenvalue weighted by molar-refractivity contribution is 7.99. The lowest BCUT2D eigenvalue weighted by atomic mass is 9.77. The first-order valence-electron chi connectivity index (χ1n) is 8.68. The van der Waals surface area contributed by atoms with Gasteiger partial charge in [-0.1, -0.05) is 32.6 Å². The van der Waals surface area contributed by atoms with Gasteiger partial charge in [-0.15, -0.1) is 0 Å². The summed E-state index contributed by atoms with van der Waals surface area (Å²) in [6, 6.07) is 0.710. The van der Waals surface area contributed by atoms with Crippen LogP contribution in [0.1, 0.15) is 64.7 Å². The van der Waals surface area contributed by atoms with Gasteiger partial charge in [0.05, 0.1) is 5.60 Å². The van der Waals surface area contributed by atoms with E-state index in [9.17, 15) is 0 Å². The lowest BCUT2D eigenvalue weighted by Crippen LogP contribution is -2.47. The van der Waals surface area contributed by atoms with Gasteiger partial charge in [0.1, 0.15) is 0 Å². The van der Waals surface area contributed by atoms with Crippen LogP contribution in [0.2, 0.25) is 0 Å². The zero-order chi connectivity index (χ0) is 14.3. The Morgan fingerprint density at radius 3 is 2.75 bits per heavy atom. The Hall–Kier alpha value is 0.270. The third-order valence-electron chi connectivity index (χ3n) is 5.24. The predicted molar refractivity (Wildman–Crippen MR) is 89.6 cm³/mol. The first kappa shape index (κ1) is 16.6. The minimum Gasteiger partial charge on any atom is -0.375 e. The zero-order valence-corrected chi connectivity index (χ0v) is 14.3. The molecule has 118 valence electrons. The molecule has 2 fully saturated rings. The van der Waals surface area contributed by atoms with E-state index in [0.717, 1.165) is 12.5 Å². The quantitative estimate of drug-likeness (QED) is 0.711. The highest BCUT2D eigenvalue weighted by atomic mass is 32.2. The summed E-state index contributed by atoms with van der Waals surface area (Å²) in [5.74, 6) is 3.43. The average Bonchev–Trinajstić information content (AvgIpc) is 2.48. The topological polar surface area (TPSA) is 21.3 Å². The summed E-state index contributed by atoms with van der Waals surface area (Å²) in [5, 5.41) is 3.61. The summed E-state index contributed by atoms with van der Waals surface area (Å²) >= 11 is 2.10. The molecule has 2 aliphatic rings. The second kappa shape index (κ2) is 8.65. The maximum atomic E-state index is 6.23. The van der Waals surface area contributed by atoms with Crippen molar-refractivity contribution in [2.24, 2.45) is 5.92 Å². The Bertz CT molecular complexity index is 260. The van der Waals surface area contributed by atoms with Crippen LogP contribution in [0, 0.1) is 5.92 Å². The van der Waals surface area contributed by atoms with Gasteiger partial charge < -0.3 is 10.1 Å². The van der Waals surface area contributed by atoms with Crippen molar-refractivity contribution >= 4 is 11.8 Å². The Morgan fingerprint density at radius 2 is 2.05 bits per heavy atom. The number of unbranched alkanes of at least 4 members (excludes halogenated alkanes) is 3. The van der Waals surface area contributed by atoms with Crippen LogP contribution in [0.25, 0.3) is 0 Å². The molecule has 2 heterocycles. The molecule has 0 aromatic rings. The van der Waals surface area contributed by atoms with E-state index >= 15 is 0 Å². The fourth-order valence-electron chi connectivity index (χ4n) is 3.91. The Labute approximate surface area is 129 Å². The molecule has 2 nitrogen and oxygen atoms in total. The molecule has 2 saturated heterocycles. The molecule has 2 atom stereocenters. The van der Waals surface area contributed by atoms with Gasteiger partial charge in [0.2, 0.25) is 0 Å². The number of ether oxygens (including phenoxy) is 1. The lowest BCUT2D eigenvalue weighted by molar-refractivity contribution is -0.107. The van der Waals surface area contributed by atoms with Crippen molar-refractivity contribution in [3.05, 3.63) is 0 Å². The van der Waals surface area contributed by atoms with Gasteiger partial charge in [0.15, 0.2) is 0 Å². The number of hydrogen-bond acceptors (Lipinski definition) is 3. The zero-order valence-electron chi connectivity index (χ0n) is 13.5. The van der Waals surface area contributed by atoms with E-state index in [0.29, 0.717) is 6.04 Å². The molecule has 0 amide bonds. The largest absolute Gasteiger partial charge is 0.375 e. The van der Waals surface area contributed by atoms with E-state index in [4.69, 9.17) is 4.74 Å². The molecule has 0 bridgehead atoms. The van der Waals surface area contributed by atoms with Crippen molar-refractivity contribution in [2.75, 3.05) is 25.2 Å². The van der Waals surface area contributed by atoms with Crippen LogP contribution in [0.5, 0.6) is 0 Å². The summed E-state index contributed by atoms with van der Waals surface area (Å²) in [6.45, 7) is 3.28. The molecule has 0 aromatic carbocycles. The molecule has 1 N–H and O–H groups in total. The lowest BCUT2D eigenvalue weighted by Gasteiger charge is -2.45. The smallest absolute Gasteiger partial charge is 0.0701 e. The van der Waals surface area contributed by atoms with Gasteiger partial charge in [0.25, 0.3) is 0 Å². The minimum absolute atomic E-state index is 0.243. The van der Waals surface area contributed by atoms with Gasteiger partial charge in [-0.05, 0) is 56.6 Å². The van der Waals surface area contributed by atoms with E-state index in [1.165, 1.54) is 69.3 Å². The molecule has 2 rings (SSSR count). The second-order valence-electron chi connectivity index (χ2n) is 6.64. The van der Waals surface area contributed by atoms with E-state index < -0.39 is 0 Å². The maximum absolute atomic E-state index is 6.23. The Kier molecular flexibility index (Phi) is 7.20. The third-order valence-corrected chi connectivity index (χ3v) is 6.23. The van der Waals surface area contributed by atoms with Crippen molar-refractivity contribution < 1.29 is 4.74 Å². The Morgan fingerprint density at radius 1 is 1.25 bits per heavy atom. The molecule has 2 unspecified atom stereocenters. The standard InChI is InChI=1S/C17H33NOS/c1-3-4-5-6-7-16(18-2)15-8-11-19-17(14-15)9-12-20-13-10-17/h15-16,18H,3-14H2,1-2H3. The number of nitrogens with one attached hydrogen (secondary N) is 1. The fourth-order valence-corrected chi connectivity index (χ4v) is 5.14. The summed E-state index contributed by atoms with van der Waals surface area (Å²) < 4.78 is 6.23. The van der Waals surface area contributed by atoms with Crippen molar-refractivity contribution in [3.8, 4) is 0 Å². The van der Waals surface area contributed by atoms with Crippen LogP contribution in [-0.2, 0) is 4.74 Å². The van der Waals surface area contributed by atoms with Gasteiger partial charge in [-0.3, -0.25) is 0 Å². The minimum atomic E-state index is 0.243. The van der Waals surface area contributed by atoms with E-state index in [1.807, 2.05) is 0 Å². The summed E-state index contributed by atoms with van der Waals surface area (Å²) in [6.07, 6.45) is 12.0. The number of thioether (sulfide) groups is 1. The highest BCUT2D eigenvalue weighted by Gasteiger charge is 2.40. The fraction of sp³-hybridized carbons (Fsp3) is 1.00. The van der Waals surface area contributed by atoms with Crippen LogP contribution in [-0.4, -0.2) is 36.8 Å². The van der Waals surface area contributed by atoms with Crippen molar-refractivity contribution in [1.82, 2.24) is 5.32 Å². The predicted octanol–water partition coefficient (Wildman–Crippen LogP) is 4.24. The highest BCUT2D eigenvalue weighted by Crippen LogP contribution is 2.41. The number of hydrogen-bond donors (Lipinski definition) is 1. The molecule has 20 heavy (non-hydrogen) atoms. The SMILES string of the molecule is CCCCCCC(NC)C1CCOC2(CCSCC2)C1. The van der Waals surface area contributed by atoms with Crippen molar-refractivity contribution in [2.45, 2.75) is 76.4 Å². The molecule has 1 spiro atoms. The van der Waals surface area contributed by atoms with Gasteiger partial charge in [-0.2, -0.15) is 11.8 Å². The van der Waals surface area contributed by atoms with Crippen molar-refractivity contribution in [3.63, 3.8) is 0 Å². The van der Waals surface area contributed by atoms with Crippen LogP contribution >= 0.6 is 11.8 Å². The van der Waals surface area contributed by atoms with Crippen molar-refractivity contribution in [1.29, 1.82) is 0 Å². The first-order valence-corrected chi connectivity index (χ1v) is 9.84. The average molecular weight is 300 g/mol. The molecule has 0 radical (unpaired) electrons. The molecule has 0 aromatic heterocycles. The summed E-state index contributed by atoms with van der Waals surface area (Å²) in [7, 11) is 2.16. The van der Waals surface area contributed by atoms with Crippen LogP contribution < -0.4 is 5.32 Å². The van der Waals surface area contributed by atoms with Crippen LogP contribution in [0.3, 0.4) is 0 Å². The second-order valence-corrected chi connectivity index (χ2v) is 7.87. The molecule has 2 aliphatic heterocycles. The normalized spacial score (nSPS) is 27.6. The maximum Gasteiger partial charge on any atom is 0.0701 e. The molecular weight excluding hydrogens is 266 g/mol. The van der Waals surface area contributed by atoms with E-state index in [1.54, 1.807) is 0 Å². The van der Waals surface area contributed by atoms with Gasteiger partial charge in [-0.25, -0.2) is 0 Å². The monoisotopic (exact) mass is 299 g/mol. The third kappa shape index (κ3) is 4.64. The van der Waals surface area contributed by atoms with E-state index in [-0.39, 0.29) is 5.60 Å². The molecule has 0 saturated carbocycles. The van der Waals surface area contributed by atoms with E-state index in [2.05, 4.69) is 31.1 Å². The summed E-state index contributed by atoms with van der Waals surface area (Å²) in [5.41, 5.74) is 0.243. The number of rotatable bonds is 7.